The van der Waals surface area contributed by atoms with Crippen LogP contribution in [-0.4, -0.2) is 30.5 Å². The van der Waals surface area contributed by atoms with Crippen LogP contribution in [0.3, 0.4) is 0 Å². The molecule has 2 aromatic rings. The maximum Gasteiger partial charge on any atom is 0.261 e. The summed E-state index contributed by atoms with van der Waals surface area (Å²) in [4.78, 5) is 25.9. The van der Waals surface area contributed by atoms with E-state index in [0.29, 0.717) is 17.9 Å². The molecule has 0 fully saturated rings. The van der Waals surface area contributed by atoms with E-state index in [9.17, 15) is 9.59 Å². The van der Waals surface area contributed by atoms with Crippen LogP contribution in [0.25, 0.3) is 0 Å². The van der Waals surface area contributed by atoms with Crippen LogP contribution in [0.15, 0.2) is 54.6 Å². The summed E-state index contributed by atoms with van der Waals surface area (Å²) in [5.41, 5.74) is 0.324. The molecule has 0 heterocycles. The van der Waals surface area contributed by atoms with Crippen molar-refractivity contribution in [3.05, 3.63) is 60.2 Å². The summed E-state index contributed by atoms with van der Waals surface area (Å²) in [6, 6.07) is 15.8. The van der Waals surface area contributed by atoms with Crippen molar-refractivity contribution in [1.29, 1.82) is 0 Å². The minimum atomic E-state index is -1.30. The van der Waals surface area contributed by atoms with Crippen molar-refractivity contribution >= 4 is 29.0 Å². The van der Waals surface area contributed by atoms with Gasteiger partial charge in [-0.1, -0.05) is 126 Å². The lowest BCUT2D eigenvalue weighted by molar-refractivity contribution is -0.123. The second kappa shape index (κ2) is 19.7. The van der Waals surface area contributed by atoms with Gasteiger partial charge in [0.05, 0.1) is 5.56 Å². The third-order valence-electron chi connectivity index (χ3n) is 6.70. The summed E-state index contributed by atoms with van der Waals surface area (Å²) < 4.78 is 11.2. The third kappa shape index (κ3) is 12.4. The van der Waals surface area contributed by atoms with Crippen LogP contribution >= 0.6 is 11.6 Å². The van der Waals surface area contributed by atoms with Gasteiger partial charge in [-0.2, -0.15) is 0 Å². The van der Waals surface area contributed by atoms with Crippen molar-refractivity contribution in [2.24, 2.45) is 0 Å². The Hall–Kier alpha value is -2.37. The minimum Gasteiger partial charge on any atom is -0.474 e. The van der Waals surface area contributed by atoms with E-state index in [1.54, 1.807) is 48.5 Å². The second-order valence-electron chi connectivity index (χ2n) is 9.89. The highest BCUT2D eigenvalue weighted by Crippen LogP contribution is 2.25. The number of nitrogens with one attached hydrogen (secondary N) is 1. The van der Waals surface area contributed by atoms with Crippen molar-refractivity contribution in [2.75, 3.05) is 12.4 Å². The molecule has 0 aliphatic rings. The van der Waals surface area contributed by atoms with Gasteiger partial charge in [-0.25, -0.2) is 0 Å². The van der Waals surface area contributed by atoms with E-state index in [0.717, 1.165) is 12.8 Å². The standard InChI is InChI=1S/C32H46ClNO4/c1-3-4-5-6-7-8-9-10-11-12-13-14-18-25-29(33)38-28-24-20-19-23-27(28)30(35)31(37-2)32(36)34-26-21-16-15-17-22-26/h15-17,19-24,29,31H,3-14,18,25H2,1-2H3,(H,34,36). The molecule has 0 bridgehead atoms. The Labute approximate surface area is 234 Å². The number of alkyl halides is 1. The van der Waals surface area contributed by atoms with E-state index >= 15 is 0 Å². The Bertz CT molecular complexity index is 921. The molecular formula is C32H46ClNO4. The van der Waals surface area contributed by atoms with Gasteiger partial charge in [0.15, 0.2) is 11.7 Å². The molecule has 0 saturated heterocycles. The molecule has 6 heteroatoms. The number of ether oxygens (including phenoxy) is 2. The molecule has 0 spiro atoms. The number of rotatable bonds is 21. The normalized spacial score (nSPS) is 12.6. The molecule has 210 valence electrons. The highest BCUT2D eigenvalue weighted by atomic mass is 35.5. The summed E-state index contributed by atoms with van der Waals surface area (Å²) in [7, 11) is 1.34. The van der Waals surface area contributed by atoms with Gasteiger partial charge in [0.25, 0.3) is 5.91 Å². The topological polar surface area (TPSA) is 64.6 Å². The first-order valence-corrected chi connectivity index (χ1v) is 14.8. The molecular weight excluding hydrogens is 498 g/mol. The Balaban J connectivity index is 1.70. The average Bonchev–Trinajstić information content (AvgIpc) is 2.92. The number of Topliss-reactive ketones (excluding diaryl/α,β-unsaturated/α-hetero) is 1. The number of carbonyl (C=O) groups excluding carboxylic acids is 2. The smallest absolute Gasteiger partial charge is 0.261 e. The van der Waals surface area contributed by atoms with Crippen molar-refractivity contribution in [3.63, 3.8) is 0 Å². The average molecular weight is 544 g/mol. The monoisotopic (exact) mass is 543 g/mol. The second-order valence-corrected chi connectivity index (χ2v) is 10.4. The van der Waals surface area contributed by atoms with Gasteiger partial charge in [-0.15, -0.1) is 0 Å². The lowest BCUT2D eigenvalue weighted by Gasteiger charge is -2.18. The fraction of sp³-hybridized carbons (Fsp3) is 0.562. The van der Waals surface area contributed by atoms with Crippen LogP contribution in [0.2, 0.25) is 0 Å². The zero-order valence-corrected chi connectivity index (χ0v) is 24.0. The van der Waals surface area contributed by atoms with Crippen LogP contribution in [0.1, 0.15) is 107 Å². The van der Waals surface area contributed by atoms with E-state index < -0.39 is 23.4 Å². The number of halogens is 1. The molecule has 0 saturated carbocycles. The zero-order valence-electron chi connectivity index (χ0n) is 23.3. The van der Waals surface area contributed by atoms with Gasteiger partial charge >= 0.3 is 0 Å². The van der Waals surface area contributed by atoms with Crippen molar-refractivity contribution in [1.82, 2.24) is 0 Å². The lowest BCUT2D eigenvalue weighted by atomic mass is 10.0. The summed E-state index contributed by atoms with van der Waals surface area (Å²) in [6.07, 6.45) is 16.2. The van der Waals surface area contributed by atoms with Gasteiger partial charge in [0.1, 0.15) is 5.75 Å². The molecule has 2 rings (SSSR count). The summed E-state index contributed by atoms with van der Waals surface area (Å²) in [5.74, 6) is -0.643. The number of amides is 1. The van der Waals surface area contributed by atoms with Crippen LogP contribution in [0.4, 0.5) is 5.69 Å². The van der Waals surface area contributed by atoms with Crippen molar-refractivity contribution < 1.29 is 19.1 Å². The predicted octanol–water partition coefficient (Wildman–Crippen LogP) is 8.95. The SMILES string of the molecule is CCCCCCCCCCCCCCCC(Cl)Oc1ccccc1C(=O)C(OC)C(=O)Nc1ccccc1. The maximum atomic E-state index is 13.2. The van der Waals surface area contributed by atoms with E-state index in [1.165, 1.54) is 77.7 Å². The van der Waals surface area contributed by atoms with E-state index in [1.807, 2.05) is 6.07 Å². The lowest BCUT2D eigenvalue weighted by Crippen LogP contribution is -2.37. The summed E-state index contributed by atoms with van der Waals surface area (Å²) in [5, 5.41) is 2.72. The molecule has 0 aliphatic carbocycles. The molecule has 1 amide bonds. The quantitative estimate of drug-likeness (QED) is 0.0738. The van der Waals surface area contributed by atoms with E-state index in [4.69, 9.17) is 21.1 Å². The minimum absolute atomic E-state index is 0.276. The number of benzene rings is 2. The van der Waals surface area contributed by atoms with E-state index in [-0.39, 0.29) is 5.56 Å². The Kier molecular flexibility index (Phi) is 16.5. The van der Waals surface area contributed by atoms with Gasteiger partial charge in [0, 0.05) is 12.8 Å². The van der Waals surface area contributed by atoms with Crippen LogP contribution in [-0.2, 0) is 9.53 Å². The fourth-order valence-corrected chi connectivity index (χ4v) is 4.75. The van der Waals surface area contributed by atoms with Crippen molar-refractivity contribution in [2.45, 2.75) is 108 Å². The number of anilines is 1. The molecule has 1 N–H and O–H groups in total. The largest absolute Gasteiger partial charge is 0.474 e. The number of carbonyl (C=O) groups is 2. The number of para-hydroxylation sites is 2. The third-order valence-corrected chi connectivity index (χ3v) is 7.00. The van der Waals surface area contributed by atoms with Crippen LogP contribution < -0.4 is 10.1 Å². The molecule has 2 atom stereocenters. The molecule has 5 nitrogen and oxygen atoms in total. The van der Waals surface area contributed by atoms with E-state index in [2.05, 4.69) is 12.2 Å². The predicted molar refractivity (Wildman–Crippen MR) is 157 cm³/mol. The number of methoxy groups -OCH3 is 1. The summed E-state index contributed by atoms with van der Waals surface area (Å²) in [6.45, 7) is 2.26. The summed E-state index contributed by atoms with van der Waals surface area (Å²) >= 11 is 6.47. The first-order valence-electron chi connectivity index (χ1n) is 14.4. The Morgan fingerprint density at radius 2 is 1.29 bits per heavy atom. The van der Waals surface area contributed by atoms with Crippen LogP contribution in [0.5, 0.6) is 5.75 Å². The number of hydrogen-bond acceptors (Lipinski definition) is 4. The first-order chi connectivity index (χ1) is 18.6. The van der Waals surface area contributed by atoms with Gasteiger partial charge in [-0.05, 0) is 37.1 Å². The highest BCUT2D eigenvalue weighted by molar-refractivity contribution is 6.20. The van der Waals surface area contributed by atoms with Crippen LogP contribution in [0, 0.1) is 0 Å². The maximum absolute atomic E-state index is 13.2. The highest BCUT2D eigenvalue weighted by Gasteiger charge is 2.30. The molecule has 0 aromatic heterocycles. The number of unbranched alkanes of at least 4 members (excludes halogenated alkanes) is 12. The molecule has 0 radical (unpaired) electrons. The molecule has 2 aromatic carbocycles. The number of ketones is 1. The Morgan fingerprint density at radius 1 is 0.763 bits per heavy atom. The zero-order chi connectivity index (χ0) is 27.4. The fourth-order valence-electron chi connectivity index (χ4n) is 4.50. The number of hydrogen-bond donors (Lipinski definition) is 1. The van der Waals surface area contributed by atoms with Crippen molar-refractivity contribution in [3.8, 4) is 5.75 Å². The molecule has 38 heavy (non-hydrogen) atoms. The first kappa shape index (κ1) is 31.8. The molecule has 0 aliphatic heterocycles. The van der Waals surface area contributed by atoms with Gasteiger partial charge in [-0.3, -0.25) is 9.59 Å². The van der Waals surface area contributed by atoms with Gasteiger partial charge < -0.3 is 14.8 Å². The van der Waals surface area contributed by atoms with Gasteiger partial charge in [0.2, 0.25) is 5.78 Å². The molecule has 2 unspecified atom stereocenters. The Morgan fingerprint density at radius 3 is 1.87 bits per heavy atom.